The molecule has 0 heterocycles. The van der Waals surface area contributed by atoms with E-state index in [1.165, 1.54) is 0 Å². The third-order valence-corrected chi connectivity index (χ3v) is 2.66. The first kappa shape index (κ1) is 12.0. The number of aryl methyl sites for hydroxylation is 1. The number of phenols is 1. The number of hydrogen-bond acceptors (Lipinski definition) is 3. The fraction of sp³-hybridized carbons (Fsp3) is 0.500. The van der Waals surface area contributed by atoms with Crippen molar-refractivity contribution in [3.63, 3.8) is 0 Å². The van der Waals surface area contributed by atoms with Gasteiger partial charge in [0, 0.05) is 12.1 Å². The van der Waals surface area contributed by atoms with E-state index in [0.717, 1.165) is 23.1 Å². The lowest BCUT2D eigenvalue weighted by molar-refractivity contribution is 0.159. The van der Waals surface area contributed by atoms with Crippen LogP contribution < -0.4 is 5.48 Å². The molecule has 15 heavy (non-hydrogen) atoms. The zero-order valence-electron chi connectivity index (χ0n) is 9.54. The molecule has 0 saturated carbocycles. The van der Waals surface area contributed by atoms with Gasteiger partial charge in [0.2, 0.25) is 0 Å². The van der Waals surface area contributed by atoms with Crippen LogP contribution in [0, 0.1) is 0 Å². The minimum absolute atomic E-state index is 0.285. The molecular formula is C12H19NO2. The Bertz CT molecular complexity index is 335. The van der Waals surface area contributed by atoms with Crippen LogP contribution in [-0.4, -0.2) is 10.3 Å². The van der Waals surface area contributed by atoms with Crippen molar-refractivity contribution in [2.24, 2.45) is 0 Å². The predicted molar refractivity (Wildman–Crippen MR) is 60.2 cm³/mol. The second-order valence-electron chi connectivity index (χ2n) is 3.98. The van der Waals surface area contributed by atoms with Crippen LogP contribution in [0.1, 0.15) is 43.4 Å². The smallest absolute Gasteiger partial charge is 0.123 e. The highest BCUT2D eigenvalue weighted by atomic mass is 16.5. The van der Waals surface area contributed by atoms with Gasteiger partial charge in [-0.25, -0.2) is 5.48 Å². The second kappa shape index (κ2) is 5.14. The van der Waals surface area contributed by atoms with Crippen molar-refractivity contribution in [3.8, 4) is 5.75 Å². The third kappa shape index (κ3) is 2.49. The van der Waals surface area contributed by atoms with Gasteiger partial charge in [-0.1, -0.05) is 32.9 Å². The van der Waals surface area contributed by atoms with E-state index >= 15 is 0 Å². The molecule has 0 aliphatic rings. The van der Waals surface area contributed by atoms with Gasteiger partial charge < -0.3 is 10.3 Å². The number of nitrogens with one attached hydrogen (secondary N) is 1. The lowest BCUT2D eigenvalue weighted by atomic mass is 9.93. The number of rotatable bonds is 4. The van der Waals surface area contributed by atoms with Crippen LogP contribution in [0.25, 0.3) is 0 Å². The van der Waals surface area contributed by atoms with Gasteiger partial charge in [-0.3, -0.25) is 0 Å². The van der Waals surface area contributed by atoms with Gasteiger partial charge in [0.1, 0.15) is 5.75 Å². The first-order chi connectivity index (χ1) is 7.11. The highest BCUT2D eigenvalue weighted by Crippen LogP contribution is 2.30. The maximum atomic E-state index is 10.00. The molecule has 84 valence electrons. The summed E-state index contributed by atoms with van der Waals surface area (Å²) in [5.41, 5.74) is 4.91. The molecule has 0 aromatic heterocycles. The maximum absolute atomic E-state index is 10.00. The molecule has 0 aliphatic heterocycles. The topological polar surface area (TPSA) is 52.5 Å². The zero-order chi connectivity index (χ0) is 11.4. The van der Waals surface area contributed by atoms with E-state index in [4.69, 9.17) is 5.21 Å². The van der Waals surface area contributed by atoms with Gasteiger partial charge in [-0.2, -0.15) is 0 Å². The zero-order valence-corrected chi connectivity index (χ0v) is 9.54. The Labute approximate surface area is 90.7 Å². The van der Waals surface area contributed by atoms with E-state index in [1.54, 1.807) is 0 Å². The van der Waals surface area contributed by atoms with Crippen LogP contribution in [0.2, 0.25) is 0 Å². The Hall–Kier alpha value is -1.06. The van der Waals surface area contributed by atoms with Gasteiger partial charge in [0.05, 0.1) is 0 Å². The average Bonchev–Trinajstić information content (AvgIpc) is 2.20. The van der Waals surface area contributed by atoms with E-state index < -0.39 is 0 Å². The van der Waals surface area contributed by atoms with Crippen LogP contribution in [0.15, 0.2) is 12.1 Å². The molecule has 1 rings (SSSR count). The lowest BCUT2D eigenvalue weighted by Crippen LogP contribution is -2.10. The standard InChI is InChI=1S/C12H19NO2/c1-4-9-5-6-10(8(2)3)11(7-13-15)12(9)14/h5-6,8,13-15H,4,7H2,1-3H3. The Morgan fingerprint density at radius 3 is 2.47 bits per heavy atom. The fourth-order valence-corrected chi connectivity index (χ4v) is 1.79. The molecule has 0 fully saturated rings. The molecule has 0 amide bonds. The Balaban J connectivity index is 3.24. The van der Waals surface area contributed by atoms with Crippen molar-refractivity contribution < 1.29 is 10.3 Å². The first-order valence-electron chi connectivity index (χ1n) is 5.32. The van der Waals surface area contributed by atoms with E-state index in [1.807, 2.05) is 19.1 Å². The minimum Gasteiger partial charge on any atom is -0.507 e. The van der Waals surface area contributed by atoms with E-state index in [-0.39, 0.29) is 6.54 Å². The van der Waals surface area contributed by atoms with Crippen molar-refractivity contribution in [3.05, 3.63) is 28.8 Å². The van der Waals surface area contributed by atoms with Gasteiger partial charge in [0.25, 0.3) is 0 Å². The van der Waals surface area contributed by atoms with Crippen molar-refractivity contribution >= 4 is 0 Å². The van der Waals surface area contributed by atoms with Crippen molar-refractivity contribution in [2.45, 2.75) is 39.7 Å². The summed E-state index contributed by atoms with van der Waals surface area (Å²) >= 11 is 0. The number of hydrogen-bond donors (Lipinski definition) is 3. The highest BCUT2D eigenvalue weighted by Gasteiger charge is 2.13. The molecule has 0 atom stereocenters. The van der Waals surface area contributed by atoms with Crippen LogP contribution in [0.4, 0.5) is 0 Å². The number of phenolic OH excluding ortho intramolecular Hbond substituents is 1. The van der Waals surface area contributed by atoms with Crippen LogP contribution in [0.5, 0.6) is 5.75 Å². The molecule has 1 aromatic rings. The molecule has 3 N–H and O–H groups in total. The van der Waals surface area contributed by atoms with Crippen LogP contribution in [0.3, 0.4) is 0 Å². The number of aromatic hydroxyl groups is 1. The molecule has 0 bridgehead atoms. The van der Waals surface area contributed by atoms with Crippen LogP contribution in [-0.2, 0) is 13.0 Å². The first-order valence-corrected chi connectivity index (χ1v) is 5.32. The van der Waals surface area contributed by atoms with Gasteiger partial charge in [-0.05, 0) is 23.5 Å². The summed E-state index contributed by atoms with van der Waals surface area (Å²) in [5, 5.41) is 18.8. The summed E-state index contributed by atoms with van der Waals surface area (Å²) in [6.07, 6.45) is 0.794. The van der Waals surface area contributed by atoms with Gasteiger partial charge in [0.15, 0.2) is 0 Å². The van der Waals surface area contributed by atoms with E-state index in [9.17, 15) is 5.11 Å². The molecule has 0 radical (unpaired) electrons. The van der Waals surface area contributed by atoms with Crippen LogP contribution >= 0.6 is 0 Å². The van der Waals surface area contributed by atoms with Gasteiger partial charge in [-0.15, -0.1) is 0 Å². The summed E-state index contributed by atoms with van der Waals surface area (Å²) in [6, 6.07) is 3.97. The molecule has 0 unspecified atom stereocenters. The Kier molecular flexibility index (Phi) is 4.12. The second-order valence-corrected chi connectivity index (χ2v) is 3.98. The van der Waals surface area contributed by atoms with Crippen molar-refractivity contribution in [1.82, 2.24) is 5.48 Å². The molecule has 0 aliphatic carbocycles. The summed E-state index contributed by atoms with van der Waals surface area (Å²) in [4.78, 5) is 0. The quantitative estimate of drug-likeness (QED) is 0.668. The minimum atomic E-state index is 0.285. The molecule has 0 saturated heterocycles. The van der Waals surface area contributed by atoms with Gasteiger partial charge >= 0.3 is 0 Å². The molecule has 0 spiro atoms. The fourth-order valence-electron chi connectivity index (χ4n) is 1.79. The number of benzene rings is 1. The summed E-state index contributed by atoms with van der Waals surface area (Å²) in [7, 11) is 0. The largest absolute Gasteiger partial charge is 0.507 e. The Morgan fingerprint density at radius 2 is 2.00 bits per heavy atom. The Morgan fingerprint density at radius 1 is 1.33 bits per heavy atom. The molecule has 3 nitrogen and oxygen atoms in total. The summed E-state index contributed by atoms with van der Waals surface area (Å²) in [5.74, 6) is 0.649. The number of hydroxylamine groups is 1. The monoisotopic (exact) mass is 209 g/mol. The van der Waals surface area contributed by atoms with Crippen molar-refractivity contribution in [2.75, 3.05) is 0 Å². The summed E-state index contributed by atoms with van der Waals surface area (Å²) < 4.78 is 0. The predicted octanol–water partition coefficient (Wildman–Crippen LogP) is 2.56. The third-order valence-electron chi connectivity index (χ3n) is 2.66. The van der Waals surface area contributed by atoms with E-state index in [0.29, 0.717) is 11.7 Å². The van der Waals surface area contributed by atoms with Crippen molar-refractivity contribution in [1.29, 1.82) is 0 Å². The lowest BCUT2D eigenvalue weighted by Gasteiger charge is -2.16. The SMILES string of the molecule is CCc1ccc(C(C)C)c(CNO)c1O. The summed E-state index contributed by atoms with van der Waals surface area (Å²) in [6.45, 7) is 6.43. The molecular weight excluding hydrogens is 190 g/mol. The normalized spacial score (nSPS) is 11.0. The highest BCUT2D eigenvalue weighted by molar-refractivity contribution is 5.46. The molecule has 1 aromatic carbocycles. The molecule has 3 heteroatoms. The average molecular weight is 209 g/mol. The van der Waals surface area contributed by atoms with E-state index in [2.05, 4.69) is 19.3 Å². The maximum Gasteiger partial charge on any atom is 0.123 e.